The highest BCUT2D eigenvalue weighted by Gasteiger charge is 2.17. The quantitative estimate of drug-likeness (QED) is 0.872. The number of aromatic nitrogens is 1. The zero-order chi connectivity index (χ0) is 11.5. The Kier molecular flexibility index (Phi) is 3.98. The molecule has 1 aromatic heterocycles. The van der Waals surface area contributed by atoms with Crippen molar-refractivity contribution in [3.63, 3.8) is 0 Å². The average molecular weight is 238 g/mol. The first kappa shape index (κ1) is 12.1. The average Bonchev–Trinajstić information content (AvgIpc) is 2.77. The molecule has 1 saturated heterocycles. The van der Waals surface area contributed by atoms with E-state index < -0.39 is 0 Å². The van der Waals surface area contributed by atoms with E-state index in [1.807, 2.05) is 11.3 Å². The van der Waals surface area contributed by atoms with Gasteiger partial charge in [0.25, 0.3) is 0 Å². The molecular weight excluding hydrogens is 216 g/mol. The zero-order valence-electron chi connectivity index (χ0n) is 10.5. The minimum Gasteiger partial charge on any atom is -0.314 e. The van der Waals surface area contributed by atoms with Crippen molar-refractivity contribution in [3.8, 4) is 0 Å². The van der Waals surface area contributed by atoms with Gasteiger partial charge in [-0.3, -0.25) is 0 Å². The molecule has 0 saturated carbocycles. The molecule has 16 heavy (non-hydrogen) atoms. The van der Waals surface area contributed by atoms with Gasteiger partial charge in [0.15, 0.2) is 0 Å². The summed E-state index contributed by atoms with van der Waals surface area (Å²) < 4.78 is 0. The lowest BCUT2D eigenvalue weighted by molar-refractivity contribution is 0.605. The Morgan fingerprint density at radius 1 is 1.50 bits per heavy atom. The topological polar surface area (TPSA) is 24.9 Å². The Balaban J connectivity index is 2.00. The smallest absolute Gasteiger partial charge is 0.0933 e. The molecule has 1 aliphatic rings. The molecule has 1 aromatic rings. The van der Waals surface area contributed by atoms with Gasteiger partial charge in [0.2, 0.25) is 0 Å². The van der Waals surface area contributed by atoms with Crippen LogP contribution in [0.25, 0.3) is 0 Å². The van der Waals surface area contributed by atoms with Crippen LogP contribution in [0.1, 0.15) is 42.3 Å². The molecule has 1 aliphatic heterocycles. The van der Waals surface area contributed by atoms with E-state index in [2.05, 4.69) is 31.1 Å². The van der Waals surface area contributed by atoms with Crippen LogP contribution in [-0.4, -0.2) is 17.6 Å². The van der Waals surface area contributed by atoms with Crippen molar-refractivity contribution in [2.45, 2.75) is 52.5 Å². The molecule has 0 aliphatic carbocycles. The molecule has 1 unspecified atom stereocenters. The molecule has 1 fully saturated rings. The van der Waals surface area contributed by atoms with Gasteiger partial charge < -0.3 is 5.32 Å². The van der Waals surface area contributed by atoms with Gasteiger partial charge in [-0.1, -0.05) is 13.8 Å². The van der Waals surface area contributed by atoms with Crippen LogP contribution in [0.5, 0.6) is 0 Å². The maximum absolute atomic E-state index is 4.68. The highest BCUT2D eigenvalue weighted by atomic mass is 32.1. The Morgan fingerprint density at radius 2 is 2.31 bits per heavy atom. The van der Waals surface area contributed by atoms with Gasteiger partial charge in [-0.25, -0.2) is 4.98 Å². The molecular formula is C13H22N2S. The Labute approximate surface area is 102 Å². The first-order valence-electron chi connectivity index (χ1n) is 6.33. The summed E-state index contributed by atoms with van der Waals surface area (Å²) in [4.78, 5) is 6.18. The minimum absolute atomic E-state index is 0.700. The summed E-state index contributed by atoms with van der Waals surface area (Å²) in [6, 6.07) is 0.700. The van der Waals surface area contributed by atoms with Gasteiger partial charge >= 0.3 is 0 Å². The number of aryl methyl sites for hydroxylation is 1. The fourth-order valence-electron chi connectivity index (χ4n) is 2.27. The van der Waals surface area contributed by atoms with Crippen LogP contribution in [0.4, 0.5) is 0 Å². The van der Waals surface area contributed by atoms with E-state index in [0.29, 0.717) is 12.0 Å². The number of nitrogens with one attached hydrogen (secondary N) is 1. The first-order valence-corrected chi connectivity index (χ1v) is 7.15. The maximum atomic E-state index is 4.68. The number of hydrogen-bond donors (Lipinski definition) is 1. The van der Waals surface area contributed by atoms with Gasteiger partial charge in [0.1, 0.15) is 0 Å². The van der Waals surface area contributed by atoms with Crippen molar-refractivity contribution in [2.24, 2.45) is 5.92 Å². The lowest BCUT2D eigenvalue weighted by Gasteiger charge is -2.07. The minimum atomic E-state index is 0.700. The van der Waals surface area contributed by atoms with E-state index in [1.165, 1.54) is 41.4 Å². The summed E-state index contributed by atoms with van der Waals surface area (Å²) >= 11 is 1.92. The molecule has 1 N–H and O–H groups in total. The van der Waals surface area contributed by atoms with E-state index >= 15 is 0 Å². The molecule has 2 rings (SSSR count). The number of nitrogens with zero attached hydrogens (tertiary/aromatic N) is 1. The largest absolute Gasteiger partial charge is 0.314 e. The van der Waals surface area contributed by atoms with Gasteiger partial charge in [-0.2, -0.15) is 0 Å². The van der Waals surface area contributed by atoms with Crippen molar-refractivity contribution in [1.82, 2.24) is 10.3 Å². The summed E-state index contributed by atoms with van der Waals surface area (Å²) in [5, 5.41) is 4.88. The predicted molar refractivity (Wildman–Crippen MR) is 70.1 cm³/mol. The van der Waals surface area contributed by atoms with Crippen LogP contribution in [0.3, 0.4) is 0 Å². The van der Waals surface area contributed by atoms with E-state index in [0.717, 1.165) is 6.42 Å². The third-order valence-corrected chi connectivity index (χ3v) is 4.32. The fourth-order valence-corrected chi connectivity index (χ4v) is 3.63. The highest BCUT2D eigenvalue weighted by Crippen LogP contribution is 2.23. The van der Waals surface area contributed by atoms with Gasteiger partial charge in [0, 0.05) is 17.3 Å². The second-order valence-corrected chi connectivity index (χ2v) is 6.38. The van der Waals surface area contributed by atoms with Crippen LogP contribution in [0.15, 0.2) is 0 Å². The molecule has 0 amide bonds. The van der Waals surface area contributed by atoms with E-state index in [-0.39, 0.29) is 0 Å². The monoisotopic (exact) mass is 238 g/mol. The van der Waals surface area contributed by atoms with E-state index in [1.54, 1.807) is 0 Å². The summed E-state index contributed by atoms with van der Waals surface area (Å²) in [7, 11) is 0. The van der Waals surface area contributed by atoms with Crippen LogP contribution in [0, 0.1) is 12.8 Å². The molecule has 90 valence electrons. The van der Waals surface area contributed by atoms with Crippen molar-refractivity contribution in [2.75, 3.05) is 6.54 Å². The molecule has 1 atom stereocenters. The lowest BCUT2D eigenvalue weighted by Crippen LogP contribution is -2.23. The third-order valence-electron chi connectivity index (χ3n) is 3.11. The Morgan fingerprint density at radius 3 is 2.94 bits per heavy atom. The second kappa shape index (κ2) is 5.28. The molecule has 0 bridgehead atoms. The van der Waals surface area contributed by atoms with E-state index in [4.69, 9.17) is 0 Å². The molecule has 2 heterocycles. The molecule has 0 spiro atoms. The second-order valence-electron chi connectivity index (χ2n) is 5.21. The number of hydrogen-bond acceptors (Lipinski definition) is 3. The molecule has 0 radical (unpaired) electrons. The number of thiazole rings is 1. The van der Waals surface area contributed by atoms with Crippen LogP contribution < -0.4 is 5.32 Å². The predicted octanol–water partition coefficient (Wildman–Crippen LogP) is 2.94. The van der Waals surface area contributed by atoms with Gasteiger partial charge in [-0.15, -0.1) is 11.3 Å². The highest BCUT2D eigenvalue weighted by molar-refractivity contribution is 7.11. The normalized spacial score (nSPS) is 20.9. The van der Waals surface area contributed by atoms with Crippen molar-refractivity contribution >= 4 is 11.3 Å². The maximum Gasteiger partial charge on any atom is 0.0933 e. The summed E-state index contributed by atoms with van der Waals surface area (Å²) in [5.74, 6) is 0.711. The zero-order valence-corrected chi connectivity index (χ0v) is 11.4. The summed E-state index contributed by atoms with van der Waals surface area (Å²) in [5.41, 5.74) is 1.26. The van der Waals surface area contributed by atoms with E-state index in [9.17, 15) is 0 Å². The van der Waals surface area contributed by atoms with Gasteiger partial charge in [-0.05, 0) is 38.6 Å². The van der Waals surface area contributed by atoms with Crippen molar-refractivity contribution < 1.29 is 0 Å². The van der Waals surface area contributed by atoms with Crippen LogP contribution in [0.2, 0.25) is 0 Å². The SMILES string of the molecule is Cc1nc(CC(C)C)sc1CC1CCCN1. The van der Waals surface area contributed by atoms with Crippen molar-refractivity contribution in [1.29, 1.82) is 0 Å². The fraction of sp³-hybridized carbons (Fsp3) is 0.769. The Hall–Kier alpha value is -0.410. The molecule has 3 heteroatoms. The van der Waals surface area contributed by atoms with Crippen molar-refractivity contribution in [3.05, 3.63) is 15.6 Å². The standard InChI is InChI=1S/C13H22N2S/c1-9(2)7-13-15-10(3)12(16-13)8-11-5-4-6-14-11/h9,11,14H,4-8H2,1-3H3. The molecule has 0 aromatic carbocycles. The third kappa shape index (κ3) is 3.05. The van der Waals surface area contributed by atoms with Gasteiger partial charge in [0.05, 0.1) is 10.7 Å². The lowest BCUT2D eigenvalue weighted by atomic mass is 10.1. The number of rotatable bonds is 4. The summed E-state index contributed by atoms with van der Waals surface area (Å²) in [6.07, 6.45) is 4.98. The first-order chi connectivity index (χ1) is 7.65. The van der Waals surface area contributed by atoms with Crippen LogP contribution >= 0.6 is 11.3 Å². The molecule has 2 nitrogen and oxygen atoms in total. The Bertz CT molecular complexity index is 338. The summed E-state index contributed by atoms with van der Waals surface area (Å²) in [6.45, 7) is 7.87. The van der Waals surface area contributed by atoms with Crippen LogP contribution in [-0.2, 0) is 12.8 Å².